The second kappa shape index (κ2) is 5.41. The summed E-state index contributed by atoms with van der Waals surface area (Å²) >= 11 is 5.76. The summed E-state index contributed by atoms with van der Waals surface area (Å²) in [6, 6.07) is 3.13. The van der Waals surface area contributed by atoms with Crippen LogP contribution in [0.3, 0.4) is 0 Å². The van der Waals surface area contributed by atoms with Crippen LogP contribution in [0, 0.1) is 10.1 Å². The third-order valence-electron chi connectivity index (χ3n) is 2.09. The van der Waals surface area contributed by atoms with Crippen molar-refractivity contribution in [2.24, 2.45) is 0 Å². The van der Waals surface area contributed by atoms with Crippen LogP contribution in [0.4, 0.5) is 11.4 Å². The van der Waals surface area contributed by atoms with Crippen LogP contribution >= 0.6 is 11.6 Å². The van der Waals surface area contributed by atoms with Gasteiger partial charge in [0.05, 0.1) is 21.9 Å². The number of carbonyl (C=O) groups is 1. The van der Waals surface area contributed by atoms with Gasteiger partial charge in [0.1, 0.15) is 6.54 Å². The lowest BCUT2D eigenvalue weighted by molar-refractivity contribution is -0.384. The number of benzene rings is 1. The number of non-ortho nitro benzene ring substituents is 1. The molecule has 0 amide bonds. The van der Waals surface area contributed by atoms with Crippen molar-refractivity contribution >= 4 is 39.0 Å². The van der Waals surface area contributed by atoms with E-state index in [9.17, 15) is 23.3 Å². The Labute approximate surface area is 113 Å². The number of aliphatic carboxylic acids is 1. The zero-order valence-corrected chi connectivity index (χ0v) is 11.2. The first-order valence-electron chi connectivity index (χ1n) is 4.76. The van der Waals surface area contributed by atoms with E-state index in [1.165, 1.54) is 0 Å². The number of nitro groups is 1. The molecule has 0 bridgehead atoms. The zero-order chi connectivity index (χ0) is 14.8. The Hall–Kier alpha value is -1.87. The SMILES string of the molecule is CS(=O)(=O)N(CC(=O)O)c1cc([N+](=O)[O-])ccc1Cl. The number of carboxylic acid groups (broad SMARTS) is 1. The monoisotopic (exact) mass is 308 g/mol. The highest BCUT2D eigenvalue weighted by atomic mass is 35.5. The summed E-state index contributed by atoms with van der Waals surface area (Å²) in [7, 11) is -3.93. The zero-order valence-electron chi connectivity index (χ0n) is 9.61. The molecule has 0 aliphatic carbocycles. The first-order valence-corrected chi connectivity index (χ1v) is 6.99. The van der Waals surface area contributed by atoms with Crippen molar-refractivity contribution < 1.29 is 23.2 Å². The summed E-state index contributed by atoms with van der Waals surface area (Å²) in [5.74, 6) is -1.41. The van der Waals surface area contributed by atoms with Gasteiger partial charge >= 0.3 is 5.97 Å². The van der Waals surface area contributed by atoms with Crippen LogP contribution in [0.2, 0.25) is 5.02 Å². The lowest BCUT2D eigenvalue weighted by Gasteiger charge is -2.21. The quantitative estimate of drug-likeness (QED) is 0.642. The minimum absolute atomic E-state index is 0.0997. The lowest BCUT2D eigenvalue weighted by Crippen LogP contribution is -2.35. The van der Waals surface area contributed by atoms with Gasteiger partial charge in [-0.3, -0.25) is 19.2 Å². The molecule has 8 nitrogen and oxygen atoms in total. The van der Waals surface area contributed by atoms with E-state index in [4.69, 9.17) is 16.7 Å². The van der Waals surface area contributed by atoms with E-state index in [0.717, 1.165) is 24.5 Å². The summed E-state index contributed by atoms with van der Waals surface area (Å²) < 4.78 is 23.6. The molecule has 10 heteroatoms. The number of nitrogens with zero attached hydrogens (tertiary/aromatic N) is 2. The lowest BCUT2D eigenvalue weighted by atomic mass is 10.3. The topological polar surface area (TPSA) is 118 Å². The van der Waals surface area contributed by atoms with Gasteiger partial charge in [0.15, 0.2) is 0 Å². The Morgan fingerprint density at radius 2 is 2.11 bits per heavy atom. The summed E-state index contributed by atoms with van der Waals surface area (Å²) in [4.78, 5) is 20.6. The molecule has 0 atom stereocenters. The van der Waals surface area contributed by atoms with Gasteiger partial charge in [-0.05, 0) is 6.07 Å². The van der Waals surface area contributed by atoms with Crippen LogP contribution in [0.15, 0.2) is 18.2 Å². The standard InChI is InChI=1S/C9H9ClN2O6S/c1-19(17,18)11(5-9(13)14)8-4-6(12(15)16)2-3-7(8)10/h2-4H,5H2,1H3,(H,13,14). The molecule has 1 N–H and O–H groups in total. The maximum absolute atomic E-state index is 11.5. The van der Waals surface area contributed by atoms with E-state index in [-0.39, 0.29) is 10.7 Å². The van der Waals surface area contributed by atoms with Crippen molar-refractivity contribution in [3.63, 3.8) is 0 Å². The van der Waals surface area contributed by atoms with Crippen molar-refractivity contribution in [2.75, 3.05) is 17.1 Å². The van der Waals surface area contributed by atoms with E-state index in [0.29, 0.717) is 4.31 Å². The van der Waals surface area contributed by atoms with Crippen LogP contribution in [-0.2, 0) is 14.8 Å². The van der Waals surface area contributed by atoms with Gasteiger partial charge < -0.3 is 5.11 Å². The number of hydrogen-bond acceptors (Lipinski definition) is 5. The van der Waals surface area contributed by atoms with Gasteiger partial charge in [0.25, 0.3) is 5.69 Å². The molecule has 1 aromatic carbocycles. The summed E-state index contributed by atoms with van der Waals surface area (Å²) in [6.45, 7) is -0.875. The minimum Gasteiger partial charge on any atom is -0.480 e. The van der Waals surface area contributed by atoms with E-state index in [1.807, 2.05) is 0 Å². The van der Waals surface area contributed by atoms with Gasteiger partial charge in [-0.25, -0.2) is 8.42 Å². The number of hydrogen-bond donors (Lipinski definition) is 1. The van der Waals surface area contributed by atoms with Gasteiger partial charge in [-0.15, -0.1) is 0 Å². The molecular formula is C9H9ClN2O6S. The molecular weight excluding hydrogens is 300 g/mol. The molecule has 0 aliphatic rings. The van der Waals surface area contributed by atoms with Crippen LogP contribution in [-0.4, -0.2) is 37.2 Å². The van der Waals surface area contributed by atoms with Crippen molar-refractivity contribution in [3.8, 4) is 0 Å². The number of nitro benzene ring substituents is 1. The minimum atomic E-state index is -3.93. The maximum atomic E-state index is 11.5. The number of halogens is 1. The smallest absolute Gasteiger partial charge is 0.324 e. The van der Waals surface area contributed by atoms with Crippen molar-refractivity contribution in [1.82, 2.24) is 0 Å². The first kappa shape index (κ1) is 15.2. The highest BCUT2D eigenvalue weighted by Gasteiger charge is 2.24. The molecule has 0 saturated carbocycles. The normalized spacial score (nSPS) is 11.1. The average Bonchev–Trinajstić information content (AvgIpc) is 2.25. The molecule has 1 rings (SSSR count). The Bertz CT molecular complexity index is 630. The van der Waals surface area contributed by atoms with Crippen LogP contribution in [0.25, 0.3) is 0 Å². The molecule has 0 unspecified atom stereocenters. The molecule has 0 fully saturated rings. The average molecular weight is 309 g/mol. The summed E-state index contributed by atoms with van der Waals surface area (Å²) in [5.41, 5.74) is -0.640. The Kier molecular flexibility index (Phi) is 4.32. The third kappa shape index (κ3) is 3.80. The largest absolute Gasteiger partial charge is 0.480 e. The van der Waals surface area contributed by atoms with Crippen LogP contribution in [0.5, 0.6) is 0 Å². The summed E-state index contributed by atoms with van der Waals surface area (Å²) in [5, 5.41) is 19.2. The molecule has 1 aromatic rings. The number of sulfonamides is 1. The van der Waals surface area contributed by atoms with Crippen molar-refractivity contribution in [1.29, 1.82) is 0 Å². The van der Waals surface area contributed by atoms with Crippen LogP contribution in [0.1, 0.15) is 0 Å². The molecule has 0 radical (unpaired) electrons. The van der Waals surface area contributed by atoms with Gasteiger partial charge in [0, 0.05) is 12.1 Å². The van der Waals surface area contributed by atoms with Gasteiger partial charge in [-0.1, -0.05) is 11.6 Å². The summed E-state index contributed by atoms with van der Waals surface area (Å²) in [6.07, 6.45) is 0.783. The molecule has 19 heavy (non-hydrogen) atoms. The van der Waals surface area contributed by atoms with E-state index in [1.54, 1.807) is 0 Å². The first-order chi connectivity index (χ1) is 8.62. The highest BCUT2D eigenvalue weighted by molar-refractivity contribution is 7.92. The Morgan fingerprint density at radius 3 is 2.53 bits per heavy atom. The fourth-order valence-electron chi connectivity index (χ4n) is 1.31. The fourth-order valence-corrected chi connectivity index (χ4v) is 2.43. The molecule has 0 saturated heterocycles. The number of anilines is 1. The second-order valence-corrected chi connectivity index (χ2v) is 5.87. The molecule has 0 heterocycles. The molecule has 0 aromatic heterocycles. The molecule has 0 aliphatic heterocycles. The second-order valence-electron chi connectivity index (χ2n) is 3.56. The van der Waals surface area contributed by atoms with E-state index >= 15 is 0 Å². The van der Waals surface area contributed by atoms with Crippen molar-refractivity contribution in [2.45, 2.75) is 0 Å². The predicted molar refractivity (Wildman–Crippen MR) is 67.9 cm³/mol. The van der Waals surface area contributed by atoms with Crippen LogP contribution < -0.4 is 4.31 Å². The maximum Gasteiger partial charge on any atom is 0.324 e. The number of carboxylic acids is 1. The molecule has 0 spiro atoms. The third-order valence-corrected chi connectivity index (χ3v) is 3.53. The van der Waals surface area contributed by atoms with Gasteiger partial charge in [-0.2, -0.15) is 0 Å². The fraction of sp³-hybridized carbons (Fsp3) is 0.222. The Balaban J connectivity index is 3.41. The highest BCUT2D eigenvalue weighted by Crippen LogP contribution is 2.31. The van der Waals surface area contributed by atoms with Gasteiger partial charge in [0.2, 0.25) is 10.0 Å². The van der Waals surface area contributed by atoms with Crippen molar-refractivity contribution in [3.05, 3.63) is 33.3 Å². The van der Waals surface area contributed by atoms with E-state index < -0.39 is 33.1 Å². The predicted octanol–water partition coefficient (Wildman–Crippen LogP) is 1.10. The molecule has 104 valence electrons. The number of rotatable bonds is 5. The Morgan fingerprint density at radius 1 is 1.53 bits per heavy atom. The van der Waals surface area contributed by atoms with E-state index in [2.05, 4.69) is 0 Å².